The number of nitrogens with two attached hydrogens (primary N) is 1. The van der Waals surface area contributed by atoms with Gasteiger partial charge in [-0.1, -0.05) is 30.3 Å². The Morgan fingerprint density at radius 3 is 2.67 bits per heavy atom. The Balaban J connectivity index is 0.000000636. The number of halogens is 1. The van der Waals surface area contributed by atoms with Crippen LogP contribution in [0.3, 0.4) is 0 Å². The molecule has 0 radical (unpaired) electrons. The van der Waals surface area contributed by atoms with Crippen molar-refractivity contribution in [3.8, 4) is 0 Å². The molecule has 2 aromatic carbocycles. The third-order valence-corrected chi connectivity index (χ3v) is 4.34. The maximum absolute atomic E-state index is 13.6. The molecule has 3 heteroatoms. The SMILES string of the molecule is CN.Fc1ccc2c(c1)[C@@H]1OCC[C@@H]1c1ccccc1C2. The van der Waals surface area contributed by atoms with Crippen molar-refractivity contribution in [1.82, 2.24) is 0 Å². The number of fused-ring (bicyclic) bond motifs is 5. The zero-order valence-electron chi connectivity index (χ0n) is 12.2. The van der Waals surface area contributed by atoms with E-state index in [9.17, 15) is 4.39 Å². The fraction of sp³-hybridized carbons (Fsp3) is 0.333. The molecule has 2 aliphatic rings. The molecule has 2 nitrogen and oxygen atoms in total. The van der Waals surface area contributed by atoms with E-state index in [4.69, 9.17) is 4.74 Å². The van der Waals surface area contributed by atoms with Gasteiger partial charge in [0.05, 0.1) is 6.10 Å². The van der Waals surface area contributed by atoms with E-state index in [0.29, 0.717) is 5.92 Å². The molecule has 110 valence electrons. The molecule has 0 aromatic heterocycles. The average Bonchev–Trinajstić information content (AvgIpc) is 2.96. The minimum Gasteiger partial charge on any atom is -0.373 e. The lowest BCUT2D eigenvalue weighted by Crippen LogP contribution is -2.06. The van der Waals surface area contributed by atoms with Gasteiger partial charge in [0.2, 0.25) is 0 Å². The van der Waals surface area contributed by atoms with E-state index < -0.39 is 0 Å². The number of hydrogen-bond donors (Lipinski definition) is 1. The highest BCUT2D eigenvalue weighted by atomic mass is 19.1. The minimum absolute atomic E-state index is 0.0225. The van der Waals surface area contributed by atoms with Gasteiger partial charge < -0.3 is 10.5 Å². The standard InChI is InChI=1S/C17H15FO.CH5N/c18-13-6-5-12-9-11-3-1-2-4-14(11)15-7-8-19-17(15)16(12)10-13;1-2/h1-6,10,15,17H,7-9H2;2H2,1H3/t15-,17-;/m1./s1. The number of ether oxygens (including phenoxy) is 1. The summed E-state index contributed by atoms with van der Waals surface area (Å²) in [5.74, 6) is 0.207. The average molecular weight is 285 g/mol. The van der Waals surface area contributed by atoms with Crippen LogP contribution in [0, 0.1) is 5.82 Å². The topological polar surface area (TPSA) is 35.2 Å². The summed E-state index contributed by atoms with van der Waals surface area (Å²) in [5, 5.41) is 0. The molecule has 0 spiro atoms. The Labute approximate surface area is 124 Å². The van der Waals surface area contributed by atoms with E-state index in [1.165, 1.54) is 23.7 Å². The summed E-state index contributed by atoms with van der Waals surface area (Å²) in [7, 11) is 1.50. The largest absolute Gasteiger partial charge is 0.373 e. The van der Waals surface area contributed by atoms with Crippen molar-refractivity contribution < 1.29 is 9.13 Å². The van der Waals surface area contributed by atoms with Crippen LogP contribution >= 0.6 is 0 Å². The van der Waals surface area contributed by atoms with Crippen LogP contribution in [0.1, 0.15) is 40.7 Å². The second-order valence-electron chi connectivity index (χ2n) is 5.41. The normalized spacial score (nSPS) is 22.2. The van der Waals surface area contributed by atoms with E-state index in [-0.39, 0.29) is 11.9 Å². The fourth-order valence-corrected chi connectivity index (χ4v) is 3.47. The quantitative estimate of drug-likeness (QED) is 0.803. The van der Waals surface area contributed by atoms with Gasteiger partial charge in [0.15, 0.2) is 0 Å². The van der Waals surface area contributed by atoms with Crippen molar-refractivity contribution >= 4 is 0 Å². The molecule has 0 amide bonds. The van der Waals surface area contributed by atoms with Crippen LogP contribution in [0.4, 0.5) is 4.39 Å². The lowest BCUT2D eigenvalue weighted by Gasteiger charge is -2.19. The van der Waals surface area contributed by atoms with Crippen molar-refractivity contribution in [2.75, 3.05) is 13.7 Å². The highest BCUT2D eigenvalue weighted by Gasteiger charge is 2.35. The Morgan fingerprint density at radius 1 is 1.05 bits per heavy atom. The monoisotopic (exact) mass is 285 g/mol. The summed E-state index contributed by atoms with van der Waals surface area (Å²) >= 11 is 0. The van der Waals surface area contributed by atoms with Gasteiger partial charge in [-0.25, -0.2) is 4.39 Å². The van der Waals surface area contributed by atoms with Crippen molar-refractivity contribution in [2.24, 2.45) is 5.73 Å². The molecule has 1 heterocycles. The fourth-order valence-electron chi connectivity index (χ4n) is 3.47. The number of rotatable bonds is 0. The van der Waals surface area contributed by atoms with Crippen molar-refractivity contribution in [2.45, 2.75) is 24.9 Å². The van der Waals surface area contributed by atoms with Gasteiger partial charge in [0.25, 0.3) is 0 Å². The van der Waals surface area contributed by atoms with E-state index in [1.54, 1.807) is 12.1 Å². The molecule has 0 bridgehead atoms. The first kappa shape index (κ1) is 14.2. The highest BCUT2D eigenvalue weighted by molar-refractivity contribution is 5.45. The zero-order valence-corrected chi connectivity index (χ0v) is 12.2. The first-order valence-corrected chi connectivity index (χ1v) is 7.38. The van der Waals surface area contributed by atoms with E-state index >= 15 is 0 Å². The van der Waals surface area contributed by atoms with Gasteiger partial charge in [0.1, 0.15) is 5.82 Å². The maximum Gasteiger partial charge on any atom is 0.123 e. The summed E-state index contributed by atoms with van der Waals surface area (Å²) in [6, 6.07) is 13.7. The molecular weight excluding hydrogens is 265 g/mol. The van der Waals surface area contributed by atoms with Gasteiger partial charge in [-0.05, 0) is 54.3 Å². The highest BCUT2D eigenvalue weighted by Crippen LogP contribution is 2.46. The minimum atomic E-state index is -0.168. The van der Waals surface area contributed by atoms with Gasteiger partial charge in [-0.3, -0.25) is 0 Å². The predicted molar refractivity (Wildman–Crippen MR) is 81.8 cm³/mol. The smallest absolute Gasteiger partial charge is 0.123 e. The molecule has 2 N–H and O–H groups in total. The molecular formula is C18H20FNO. The maximum atomic E-state index is 13.6. The number of hydrogen-bond acceptors (Lipinski definition) is 2. The van der Waals surface area contributed by atoms with Crippen LogP contribution < -0.4 is 5.73 Å². The first-order valence-electron chi connectivity index (χ1n) is 7.38. The third-order valence-electron chi connectivity index (χ3n) is 4.34. The summed E-state index contributed by atoms with van der Waals surface area (Å²) in [5.41, 5.74) is 9.47. The summed E-state index contributed by atoms with van der Waals surface area (Å²) in [6.45, 7) is 0.764. The van der Waals surface area contributed by atoms with Crippen LogP contribution in [-0.4, -0.2) is 13.7 Å². The van der Waals surface area contributed by atoms with Crippen molar-refractivity contribution in [3.63, 3.8) is 0 Å². The Hall–Kier alpha value is -1.71. The second kappa shape index (κ2) is 5.96. The molecule has 2 atom stereocenters. The van der Waals surface area contributed by atoms with Crippen LogP contribution in [0.15, 0.2) is 42.5 Å². The third kappa shape index (κ3) is 2.47. The molecule has 0 unspecified atom stereocenters. The zero-order chi connectivity index (χ0) is 14.8. The molecule has 2 aromatic rings. The van der Waals surface area contributed by atoms with Gasteiger partial charge in [0, 0.05) is 12.5 Å². The summed E-state index contributed by atoms with van der Waals surface area (Å²) in [6.07, 6.45) is 1.93. The first-order chi connectivity index (χ1) is 10.3. The number of benzene rings is 2. The predicted octanol–water partition coefficient (Wildman–Crippen LogP) is 3.55. The molecule has 1 saturated heterocycles. The Kier molecular flexibility index (Phi) is 4.04. The van der Waals surface area contributed by atoms with E-state index in [1.807, 2.05) is 6.07 Å². The lowest BCUT2D eigenvalue weighted by molar-refractivity contribution is 0.104. The summed E-state index contributed by atoms with van der Waals surface area (Å²) in [4.78, 5) is 0. The molecule has 4 rings (SSSR count). The molecule has 0 saturated carbocycles. The van der Waals surface area contributed by atoms with E-state index in [2.05, 4.69) is 30.0 Å². The van der Waals surface area contributed by atoms with Gasteiger partial charge >= 0.3 is 0 Å². The molecule has 21 heavy (non-hydrogen) atoms. The van der Waals surface area contributed by atoms with E-state index in [0.717, 1.165) is 25.0 Å². The Morgan fingerprint density at radius 2 is 1.81 bits per heavy atom. The van der Waals surface area contributed by atoms with Crippen molar-refractivity contribution in [1.29, 1.82) is 0 Å². The lowest BCUT2D eigenvalue weighted by atomic mass is 9.88. The summed E-state index contributed by atoms with van der Waals surface area (Å²) < 4.78 is 19.5. The molecule has 1 aliphatic heterocycles. The van der Waals surface area contributed by atoms with Crippen LogP contribution in [0.5, 0.6) is 0 Å². The second-order valence-corrected chi connectivity index (χ2v) is 5.41. The van der Waals surface area contributed by atoms with Crippen LogP contribution in [-0.2, 0) is 11.2 Å². The van der Waals surface area contributed by atoms with Crippen LogP contribution in [0.25, 0.3) is 0 Å². The van der Waals surface area contributed by atoms with Gasteiger partial charge in [-0.15, -0.1) is 0 Å². The Bertz CT molecular complexity index is 641. The molecule has 1 aliphatic carbocycles. The van der Waals surface area contributed by atoms with Crippen molar-refractivity contribution in [3.05, 3.63) is 70.5 Å². The molecule has 1 fully saturated rings. The van der Waals surface area contributed by atoms with Gasteiger partial charge in [-0.2, -0.15) is 0 Å². The van der Waals surface area contributed by atoms with Crippen LogP contribution in [0.2, 0.25) is 0 Å².